The number of rotatable bonds is 12. The maximum Gasteiger partial charge on any atom is 0.257 e. The second-order valence-corrected chi connectivity index (χ2v) is 8.94. The van der Waals surface area contributed by atoms with Crippen molar-refractivity contribution < 1.29 is 49.2 Å². The number of carbonyl (C=O) groups excluding carboxylic acids is 2. The van der Waals surface area contributed by atoms with Crippen LogP contribution in [0.15, 0.2) is 10.2 Å². The van der Waals surface area contributed by atoms with Crippen LogP contribution in [-0.2, 0) is 0 Å². The van der Waals surface area contributed by atoms with Crippen LogP contribution in [0, 0.1) is 54.0 Å². The number of azide groups is 2. The Morgan fingerprint density at radius 1 is 0.643 bits per heavy atom. The topological polar surface area (TPSA) is 156 Å². The molecule has 0 saturated carbocycles. The summed E-state index contributed by atoms with van der Waals surface area (Å²) in [6.45, 7) is 0.272. The summed E-state index contributed by atoms with van der Waals surface area (Å²) < 4.78 is 112. The van der Waals surface area contributed by atoms with Gasteiger partial charge >= 0.3 is 0 Å². The Kier molecular flexibility index (Phi) is 12.5. The van der Waals surface area contributed by atoms with Crippen LogP contribution in [-0.4, -0.2) is 56.6 Å². The Balaban J connectivity index is 0.00000882. The van der Waals surface area contributed by atoms with Crippen molar-refractivity contribution in [1.82, 2.24) is 10.6 Å². The first-order valence-electron chi connectivity index (χ1n) is 11.4. The van der Waals surface area contributed by atoms with Gasteiger partial charge in [0.05, 0.1) is 27.2 Å². The first kappa shape index (κ1) is 35.4. The molecular weight excluding hydrogens is 586 g/mol. The van der Waals surface area contributed by atoms with Crippen LogP contribution in [0.25, 0.3) is 20.9 Å². The van der Waals surface area contributed by atoms with E-state index in [-0.39, 0.29) is 37.8 Å². The highest BCUT2D eigenvalue weighted by Gasteiger charge is 2.30. The number of benzene rings is 2. The minimum absolute atomic E-state index is 0. The third kappa shape index (κ3) is 7.78. The van der Waals surface area contributed by atoms with E-state index in [2.05, 4.69) is 30.7 Å². The summed E-state index contributed by atoms with van der Waals surface area (Å²) in [5.74, 6) is -19.2. The average molecular weight is 609 g/mol. The van der Waals surface area contributed by atoms with Gasteiger partial charge in [-0.3, -0.25) is 9.59 Å². The number of halogens is 8. The highest BCUT2D eigenvalue weighted by atomic mass is 19.2. The van der Waals surface area contributed by atoms with Gasteiger partial charge < -0.3 is 22.5 Å². The molecule has 2 aromatic rings. The average Bonchev–Trinajstić information content (AvgIpc) is 2.92. The van der Waals surface area contributed by atoms with E-state index >= 15 is 0 Å². The number of quaternary nitrogens is 1. The van der Waals surface area contributed by atoms with Crippen molar-refractivity contribution in [2.45, 2.75) is 12.8 Å². The number of carbonyl (C=O) groups is 2. The van der Waals surface area contributed by atoms with E-state index in [9.17, 15) is 44.7 Å². The predicted molar refractivity (Wildman–Crippen MR) is 132 cm³/mol. The van der Waals surface area contributed by atoms with Crippen molar-refractivity contribution in [3.8, 4) is 0 Å². The van der Waals surface area contributed by atoms with Gasteiger partial charge in [0.1, 0.15) is 22.5 Å². The van der Waals surface area contributed by atoms with Crippen LogP contribution >= 0.6 is 0 Å². The van der Waals surface area contributed by atoms with Gasteiger partial charge in [-0.05, 0) is 11.1 Å². The zero-order valence-corrected chi connectivity index (χ0v) is 22.2. The molecule has 0 aromatic heterocycles. The molecule has 0 radical (unpaired) electrons. The lowest BCUT2D eigenvalue weighted by atomic mass is 10.1. The van der Waals surface area contributed by atoms with E-state index in [1.54, 1.807) is 14.1 Å². The molecule has 0 spiro atoms. The molecule has 2 rings (SSSR count). The molecule has 0 atom stereocenters. The Hall–Kier alpha value is -4.60. The fourth-order valence-electron chi connectivity index (χ4n) is 3.61. The third-order valence-corrected chi connectivity index (χ3v) is 5.68. The standard InChI is InChI=1S/C22H19F8N9O2.CH3/c1-39(2,7-3-5-33-21(40)9-11(23)15(27)19(35-37-31)16(28)12(9)24)8-4-6-34-22(41)10-13(25)17(29)20(36-38-32)18(30)14(10)26;/h3-8H2,1-2H3,(H-,33,34,40,41);1H3/q;-1/p+1. The summed E-state index contributed by atoms with van der Waals surface area (Å²) in [5.41, 5.74) is 10.3. The van der Waals surface area contributed by atoms with Gasteiger partial charge in [0.25, 0.3) is 11.8 Å². The second kappa shape index (κ2) is 14.9. The molecule has 0 fully saturated rings. The lowest BCUT2D eigenvalue weighted by molar-refractivity contribution is -0.890. The van der Waals surface area contributed by atoms with Crippen LogP contribution in [0.3, 0.4) is 0 Å². The Morgan fingerprint density at radius 3 is 1.19 bits per heavy atom. The van der Waals surface area contributed by atoms with Crippen molar-refractivity contribution in [3.05, 3.63) is 86.0 Å². The van der Waals surface area contributed by atoms with Gasteiger partial charge in [-0.15, -0.1) is 0 Å². The molecule has 0 aliphatic carbocycles. The number of amides is 2. The zero-order chi connectivity index (χ0) is 31.1. The van der Waals surface area contributed by atoms with E-state index in [0.29, 0.717) is 13.1 Å². The van der Waals surface area contributed by atoms with Crippen molar-refractivity contribution >= 4 is 23.2 Å². The maximum absolute atomic E-state index is 14.1. The quantitative estimate of drug-likeness (QED) is 0.0433. The van der Waals surface area contributed by atoms with Crippen molar-refractivity contribution in [2.24, 2.45) is 10.2 Å². The maximum atomic E-state index is 14.1. The fraction of sp³-hybridized carbons (Fsp3) is 0.348. The minimum Gasteiger partial charge on any atom is -0.358 e. The van der Waals surface area contributed by atoms with Crippen LogP contribution in [0.2, 0.25) is 0 Å². The van der Waals surface area contributed by atoms with Gasteiger partial charge in [0, 0.05) is 35.8 Å². The summed E-state index contributed by atoms with van der Waals surface area (Å²) in [6, 6.07) is 0. The molecule has 0 saturated heterocycles. The molecule has 2 aromatic carbocycles. The van der Waals surface area contributed by atoms with Crippen LogP contribution < -0.4 is 10.6 Å². The molecule has 2 amide bonds. The summed E-state index contributed by atoms with van der Waals surface area (Å²) in [6.07, 6.45) is 0.394. The molecule has 0 unspecified atom stereocenters. The largest absolute Gasteiger partial charge is 0.358 e. The van der Waals surface area contributed by atoms with E-state index < -0.39 is 80.9 Å². The van der Waals surface area contributed by atoms with E-state index in [4.69, 9.17) is 11.1 Å². The van der Waals surface area contributed by atoms with Gasteiger partial charge in [0.15, 0.2) is 46.5 Å². The molecule has 42 heavy (non-hydrogen) atoms. The molecule has 19 heteroatoms. The molecule has 0 aliphatic heterocycles. The second-order valence-electron chi connectivity index (χ2n) is 8.94. The lowest BCUT2D eigenvalue weighted by Gasteiger charge is -2.30. The molecular formula is C23H23F8N9O2. The number of hydrogen-bond acceptors (Lipinski definition) is 4. The number of nitrogens with zero attached hydrogens (tertiary/aromatic N) is 7. The Morgan fingerprint density at radius 2 is 0.929 bits per heavy atom. The van der Waals surface area contributed by atoms with Crippen molar-refractivity contribution in [1.29, 1.82) is 0 Å². The number of hydrogen-bond donors (Lipinski definition) is 2. The summed E-state index contributed by atoms with van der Waals surface area (Å²) in [5, 5.41) is 9.27. The zero-order valence-electron chi connectivity index (χ0n) is 22.2. The van der Waals surface area contributed by atoms with E-state index in [1.165, 1.54) is 0 Å². The van der Waals surface area contributed by atoms with Crippen molar-refractivity contribution in [3.63, 3.8) is 0 Å². The van der Waals surface area contributed by atoms with Crippen LogP contribution in [0.4, 0.5) is 46.5 Å². The smallest absolute Gasteiger partial charge is 0.257 e. The van der Waals surface area contributed by atoms with Gasteiger partial charge in [-0.1, -0.05) is 10.2 Å². The van der Waals surface area contributed by atoms with Crippen LogP contribution in [0.5, 0.6) is 0 Å². The lowest BCUT2D eigenvalue weighted by Crippen LogP contribution is -2.43. The van der Waals surface area contributed by atoms with E-state index in [0.717, 1.165) is 0 Å². The molecule has 0 aliphatic rings. The first-order chi connectivity index (χ1) is 19.2. The molecule has 0 heterocycles. The van der Waals surface area contributed by atoms with Gasteiger partial charge in [-0.25, -0.2) is 35.1 Å². The summed E-state index contributed by atoms with van der Waals surface area (Å²) in [4.78, 5) is 28.4. The van der Waals surface area contributed by atoms with Gasteiger partial charge in [0.2, 0.25) is 0 Å². The van der Waals surface area contributed by atoms with Crippen LogP contribution in [0.1, 0.15) is 33.6 Å². The first-order valence-corrected chi connectivity index (χ1v) is 11.4. The molecule has 228 valence electrons. The highest BCUT2D eigenvalue weighted by molar-refractivity contribution is 5.95. The Bertz CT molecular complexity index is 1310. The molecule has 2 N–H and O–H groups in total. The summed E-state index contributed by atoms with van der Waals surface area (Å²) >= 11 is 0. The fourth-order valence-corrected chi connectivity index (χ4v) is 3.61. The SMILES string of the molecule is C[N+](C)(CCCNC(=O)c1c(F)c(F)c(N=[N+]=[N-])c(F)c1F)CCCNC(=O)c1c(F)c(F)c(N=[N+]=[N-])c(F)c1F.[CH3-]. The third-order valence-electron chi connectivity index (χ3n) is 5.68. The van der Waals surface area contributed by atoms with E-state index in [1.807, 2.05) is 0 Å². The predicted octanol–water partition coefficient (Wildman–Crippen LogP) is 6.15. The van der Waals surface area contributed by atoms with Gasteiger partial charge in [-0.2, -0.15) is 0 Å². The number of nitrogens with one attached hydrogen (secondary N) is 2. The molecule has 0 bridgehead atoms. The van der Waals surface area contributed by atoms with Crippen molar-refractivity contribution in [2.75, 3.05) is 40.3 Å². The minimum atomic E-state index is -2.04. The monoisotopic (exact) mass is 609 g/mol. The summed E-state index contributed by atoms with van der Waals surface area (Å²) in [7, 11) is 3.42. The molecule has 11 nitrogen and oxygen atoms in total. The Labute approximate surface area is 232 Å². The normalized spacial score (nSPS) is 10.7. The highest BCUT2D eigenvalue weighted by Crippen LogP contribution is 2.31.